The second-order valence-electron chi connectivity index (χ2n) is 11.3. The summed E-state index contributed by atoms with van der Waals surface area (Å²) in [5, 5.41) is 0. The van der Waals surface area contributed by atoms with Gasteiger partial charge in [-0.25, -0.2) is 0 Å². The van der Waals surface area contributed by atoms with E-state index in [4.69, 9.17) is 0 Å². The van der Waals surface area contributed by atoms with Crippen molar-refractivity contribution in [3.05, 3.63) is 186 Å². The van der Waals surface area contributed by atoms with Crippen LogP contribution in [-0.2, 0) is 0 Å². The SMILES string of the molecule is C=C/C=C\C=C1/C=CC2=C(/C=C\CCC=C2)N1c1ccc(-c2ccc(N(C(=C/CC)/C(C)=C\C)c3ccccc3C)cc2)cc1. The van der Waals surface area contributed by atoms with Gasteiger partial charge in [0, 0.05) is 28.5 Å². The quantitative estimate of drug-likeness (QED) is 0.229. The van der Waals surface area contributed by atoms with Crippen LogP contribution in [0.25, 0.3) is 11.1 Å². The molecule has 2 heteroatoms. The zero-order chi connectivity index (χ0) is 31.6. The van der Waals surface area contributed by atoms with E-state index in [-0.39, 0.29) is 0 Å². The minimum atomic E-state index is 0.964. The van der Waals surface area contributed by atoms with Crippen LogP contribution >= 0.6 is 0 Å². The van der Waals surface area contributed by atoms with Crippen molar-refractivity contribution in [3.63, 3.8) is 0 Å². The van der Waals surface area contributed by atoms with Gasteiger partial charge in [-0.2, -0.15) is 0 Å². The van der Waals surface area contributed by atoms with Crippen LogP contribution in [0.4, 0.5) is 17.1 Å². The molecule has 0 radical (unpaired) electrons. The van der Waals surface area contributed by atoms with Gasteiger partial charge in [0.05, 0.1) is 5.70 Å². The number of para-hydroxylation sites is 1. The maximum absolute atomic E-state index is 3.82. The van der Waals surface area contributed by atoms with E-state index < -0.39 is 0 Å². The van der Waals surface area contributed by atoms with E-state index >= 15 is 0 Å². The van der Waals surface area contributed by atoms with E-state index in [9.17, 15) is 0 Å². The number of hydrogen-bond donors (Lipinski definition) is 0. The second-order valence-corrected chi connectivity index (χ2v) is 11.3. The molecule has 0 bridgehead atoms. The predicted molar refractivity (Wildman–Crippen MR) is 197 cm³/mol. The lowest BCUT2D eigenvalue weighted by Crippen LogP contribution is -2.23. The Morgan fingerprint density at radius 2 is 1.53 bits per heavy atom. The van der Waals surface area contributed by atoms with Crippen LogP contribution in [0.15, 0.2) is 181 Å². The van der Waals surface area contributed by atoms with Gasteiger partial charge in [0.1, 0.15) is 0 Å². The first-order chi connectivity index (χ1) is 22.0. The fourth-order valence-corrected chi connectivity index (χ4v) is 5.76. The lowest BCUT2D eigenvalue weighted by atomic mass is 10.00. The number of benzene rings is 3. The molecule has 1 aliphatic heterocycles. The molecule has 3 aromatic rings. The van der Waals surface area contributed by atoms with E-state index in [1.807, 2.05) is 12.2 Å². The standard InChI is InChI=1S/C43H44N2/c1-6-9-12-20-38-32-27-37-19-13-10-11-14-22-43(37)44(38)39-28-23-35(24-29-39)36-25-30-40(31-26-36)45(41(17-7-2)33(4)8-3)42-21-16-15-18-34(42)5/h6,8-9,12-32H,1,7,10-11H2,2-5H3/b12-9-,19-13?,22-14-,33-8-,38-20+,41-17+. The molecule has 0 N–H and O–H groups in total. The number of nitrogens with zero attached hydrogens (tertiary/aromatic N) is 2. The summed E-state index contributed by atoms with van der Waals surface area (Å²) < 4.78 is 0. The van der Waals surface area contributed by atoms with E-state index in [1.165, 1.54) is 44.9 Å². The Balaban J connectivity index is 1.50. The molecule has 1 aliphatic carbocycles. The zero-order valence-electron chi connectivity index (χ0n) is 27.1. The Morgan fingerprint density at radius 1 is 0.844 bits per heavy atom. The van der Waals surface area contributed by atoms with Gasteiger partial charge in [0.15, 0.2) is 0 Å². The zero-order valence-corrected chi connectivity index (χ0v) is 27.1. The minimum absolute atomic E-state index is 0.964. The molecule has 0 saturated carbocycles. The summed E-state index contributed by atoms with van der Waals surface area (Å²) in [7, 11) is 0. The van der Waals surface area contributed by atoms with E-state index in [0.717, 1.165) is 36.3 Å². The Kier molecular flexibility index (Phi) is 10.5. The van der Waals surface area contributed by atoms with Crippen molar-refractivity contribution < 1.29 is 0 Å². The molecule has 2 aliphatic rings. The van der Waals surface area contributed by atoms with Gasteiger partial charge in [0.25, 0.3) is 0 Å². The Labute approximate surface area is 270 Å². The van der Waals surface area contributed by atoms with Crippen molar-refractivity contribution in [2.45, 2.75) is 47.0 Å². The Morgan fingerprint density at radius 3 is 2.20 bits per heavy atom. The molecular formula is C43H44N2. The highest BCUT2D eigenvalue weighted by molar-refractivity contribution is 5.77. The van der Waals surface area contributed by atoms with Crippen molar-refractivity contribution >= 4 is 17.1 Å². The van der Waals surface area contributed by atoms with Gasteiger partial charge in [-0.05, 0) is 116 Å². The number of allylic oxidation sites excluding steroid dienone is 14. The molecule has 2 nitrogen and oxygen atoms in total. The molecule has 0 atom stereocenters. The first-order valence-corrected chi connectivity index (χ1v) is 16.0. The van der Waals surface area contributed by atoms with Gasteiger partial charge < -0.3 is 9.80 Å². The number of anilines is 3. The molecule has 0 spiro atoms. The Hall–Kier alpha value is -5.08. The van der Waals surface area contributed by atoms with Gasteiger partial charge in [-0.3, -0.25) is 0 Å². The molecule has 5 rings (SSSR count). The summed E-state index contributed by atoms with van der Waals surface area (Å²) in [5.74, 6) is 0. The summed E-state index contributed by atoms with van der Waals surface area (Å²) in [5.41, 5.74) is 13.1. The number of rotatable bonds is 9. The summed E-state index contributed by atoms with van der Waals surface area (Å²) >= 11 is 0. The first kappa shape index (κ1) is 31.3. The predicted octanol–water partition coefficient (Wildman–Crippen LogP) is 12.2. The lowest BCUT2D eigenvalue weighted by molar-refractivity contribution is 1.02. The van der Waals surface area contributed by atoms with Gasteiger partial charge >= 0.3 is 0 Å². The summed E-state index contributed by atoms with van der Waals surface area (Å²) in [6.07, 6.45) is 29.0. The van der Waals surface area contributed by atoms with E-state index in [0.29, 0.717) is 0 Å². The lowest BCUT2D eigenvalue weighted by Gasteiger charge is -2.31. The second kappa shape index (κ2) is 15.1. The molecular weight excluding hydrogens is 544 g/mol. The molecule has 0 saturated heterocycles. The highest BCUT2D eigenvalue weighted by Gasteiger charge is 2.21. The van der Waals surface area contributed by atoms with Crippen molar-refractivity contribution in [2.75, 3.05) is 9.80 Å². The number of aryl methyl sites for hydroxylation is 1. The normalized spacial score (nSPS) is 17.0. The summed E-state index contributed by atoms with van der Waals surface area (Å²) in [6, 6.07) is 26.5. The largest absolute Gasteiger partial charge is 0.310 e. The molecule has 0 unspecified atom stereocenters. The third kappa shape index (κ3) is 7.19. The van der Waals surface area contributed by atoms with Crippen molar-refractivity contribution in [1.82, 2.24) is 0 Å². The van der Waals surface area contributed by atoms with E-state index in [1.54, 1.807) is 6.08 Å². The summed E-state index contributed by atoms with van der Waals surface area (Å²) in [6.45, 7) is 12.5. The molecule has 1 heterocycles. The monoisotopic (exact) mass is 588 g/mol. The third-order valence-corrected chi connectivity index (χ3v) is 8.23. The smallest absolute Gasteiger partial charge is 0.0530 e. The molecule has 0 amide bonds. The molecule has 226 valence electrons. The molecule has 3 aromatic carbocycles. The maximum atomic E-state index is 3.82. The van der Waals surface area contributed by atoms with Crippen molar-refractivity contribution in [1.29, 1.82) is 0 Å². The molecule has 0 aromatic heterocycles. The molecule has 0 fully saturated rings. The number of hydrogen-bond acceptors (Lipinski definition) is 2. The average Bonchev–Trinajstić information content (AvgIpc) is 3.06. The van der Waals surface area contributed by atoms with Gasteiger partial charge in [-0.15, -0.1) is 0 Å². The fraction of sp³-hybridized carbons (Fsp3) is 0.163. The van der Waals surface area contributed by atoms with Crippen molar-refractivity contribution in [3.8, 4) is 11.1 Å². The van der Waals surface area contributed by atoms with Gasteiger partial charge in [0.2, 0.25) is 0 Å². The topological polar surface area (TPSA) is 6.48 Å². The van der Waals surface area contributed by atoms with Crippen LogP contribution < -0.4 is 9.80 Å². The van der Waals surface area contributed by atoms with Gasteiger partial charge in [-0.1, -0.05) is 111 Å². The van der Waals surface area contributed by atoms with Crippen LogP contribution in [0.5, 0.6) is 0 Å². The summed E-state index contributed by atoms with van der Waals surface area (Å²) in [4.78, 5) is 4.73. The van der Waals surface area contributed by atoms with Crippen LogP contribution in [0, 0.1) is 6.92 Å². The third-order valence-electron chi connectivity index (χ3n) is 8.23. The molecule has 45 heavy (non-hydrogen) atoms. The fourth-order valence-electron chi connectivity index (χ4n) is 5.76. The van der Waals surface area contributed by atoms with Crippen LogP contribution in [0.3, 0.4) is 0 Å². The highest BCUT2D eigenvalue weighted by Crippen LogP contribution is 2.38. The van der Waals surface area contributed by atoms with E-state index in [2.05, 4.69) is 172 Å². The first-order valence-electron chi connectivity index (χ1n) is 16.0. The Bertz CT molecular complexity index is 1750. The maximum Gasteiger partial charge on any atom is 0.0530 e. The highest BCUT2D eigenvalue weighted by atomic mass is 15.2. The van der Waals surface area contributed by atoms with Crippen LogP contribution in [0.1, 0.15) is 45.6 Å². The van der Waals surface area contributed by atoms with Crippen LogP contribution in [0.2, 0.25) is 0 Å². The van der Waals surface area contributed by atoms with Crippen molar-refractivity contribution in [2.24, 2.45) is 0 Å². The van der Waals surface area contributed by atoms with Crippen LogP contribution in [-0.4, -0.2) is 0 Å². The minimum Gasteiger partial charge on any atom is -0.310 e. The average molecular weight is 589 g/mol.